The molecule has 2 atom stereocenters. The fourth-order valence-electron chi connectivity index (χ4n) is 3.35. The third-order valence-corrected chi connectivity index (χ3v) is 4.96. The zero-order valence-electron chi connectivity index (χ0n) is 14.3. The fraction of sp³-hybridized carbons (Fsp3) is 0.941. The first-order chi connectivity index (χ1) is 9.88. The van der Waals surface area contributed by atoms with Gasteiger partial charge in [-0.1, -0.05) is 27.7 Å². The minimum absolute atomic E-state index is 0.00743. The standard InChI is InChI=1S/C17H32N2O2/c1-12(2)10-14-18-15(13(3)4)16(20)19(14)11-17(6-7-17)8-9-21-5/h12-15,18H,6-11H2,1-5H3. The minimum atomic E-state index is -0.00743. The Morgan fingerprint density at radius 1 is 1.33 bits per heavy atom. The second-order valence-electron chi connectivity index (χ2n) is 7.74. The molecule has 1 saturated carbocycles. The Kier molecular flexibility index (Phi) is 5.31. The van der Waals surface area contributed by atoms with Crippen molar-refractivity contribution in [2.24, 2.45) is 17.3 Å². The van der Waals surface area contributed by atoms with Gasteiger partial charge in [0.25, 0.3) is 0 Å². The molecule has 0 radical (unpaired) electrons. The number of amides is 1. The lowest BCUT2D eigenvalue weighted by Gasteiger charge is -2.29. The van der Waals surface area contributed by atoms with Gasteiger partial charge in [0.1, 0.15) is 0 Å². The van der Waals surface area contributed by atoms with E-state index < -0.39 is 0 Å². The Morgan fingerprint density at radius 3 is 2.48 bits per heavy atom. The molecule has 1 aliphatic carbocycles. The Labute approximate surface area is 129 Å². The van der Waals surface area contributed by atoms with Gasteiger partial charge in [-0.25, -0.2) is 0 Å². The van der Waals surface area contributed by atoms with Crippen LogP contribution in [-0.4, -0.2) is 43.3 Å². The molecule has 1 aliphatic heterocycles. The Hall–Kier alpha value is -0.610. The van der Waals surface area contributed by atoms with Crippen molar-refractivity contribution in [3.05, 3.63) is 0 Å². The quantitative estimate of drug-likeness (QED) is 0.748. The third kappa shape index (κ3) is 3.98. The number of carbonyl (C=O) groups excluding carboxylic acids is 1. The molecule has 1 N–H and O–H groups in total. The first-order valence-electron chi connectivity index (χ1n) is 8.44. The molecule has 2 aliphatic rings. The van der Waals surface area contributed by atoms with E-state index in [0.717, 1.165) is 26.0 Å². The van der Waals surface area contributed by atoms with E-state index in [9.17, 15) is 4.79 Å². The molecule has 2 rings (SSSR count). The van der Waals surface area contributed by atoms with Gasteiger partial charge in [-0.15, -0.1) is 0 Å². The van der Waals surface area contributed by atoms with E-state index in [-0.39, 0.29) is 12.2 Å². The van der Waals surface area contributed by atoms with Crippen LogP contribution in [0.5, 0.6) is 0 Å². The maximum absolute atomic E-state index is 12.8. The predicted octanol–water partition coefficient (Wildman–Crippen LogP) is 2.63. The van der Waals surface area contributed by atoms with Crippen LogP contribution in [0, 0.1) is 17.3 Å². The summed E-state index contributed by atoms with van der Waals surface area (Å²) >= 11 is 0. The van der Waals surface area contributed by atoms with E-state index in [0.29, 0.717) is 23.2 Å². The lowest BCUT2D eigenvalue weighted by atomic mass is 10.0. The van der Waals surface area contributed by atoms with Crippen LogP contribution in [-0.2, 0) is 9.53 Å². The first kappa shape index (κ1) is 16.8. The smallest absolute Gasteiger partial charge is 0.241 e. The molecule has 2 unspecified atom stereocenters. The van der Waals surface area contributed by atoms with Gasteiger partial charge in [0.2, 0.25) is 5.91 Å². The van der Waals surface area contributed by atoms with Crippen molar-refractivity contribution in [2.45, 2.75) is 65.6 Å². The Morgan fingerprint density at radius 2 is 2.00 bits per heavy atom. The molecule has 1 amide bonds. The zero-order chi connectivity index (χ0) is 15.6. The summed E-state index contributed by atoms with van der Waals surface area (Å²) < 4.78 is 5.24. The monoisotopic (exact) mass is 296 g/mol. The second-order valence-corrected chi connectivity index (χ2v) is 7.74. The summed E-state index contributed by atoms with van der Waals surface area (Å²) in [6, 6.07) is -0.00743. The Balaban J connectivity index is 2.04. The molecule has 4 heteroatoms. The van der Waals surface area contributed by atoms with E-state index in [1.165, 1.54) is 12.8 Å². The molecule has 0 bridgehead atoms. The summed E-state index contributed by atoms with van der Waals surface area (Å²) in [4.78, 5) is 14.9. The summed E-state index contributed by atoms with van der Waals surface area (Å²) in [6.45, 7) is 10.4. The second kappa shape index (κ2) is 6.66. The Bertz CT molecular complexity index is 364. The van der Waals surface area contributed by atoms with Crippen LogP contribution in [0.3, 0.4) is 0 Å². The topological polar surface area (TPSA) is 41.6 Å². The van der Waals surface area contributed by atoms with Crippen molar-refractivity contribution in [1.82, 2.24) is 10.2 Å². The van der Waals surface area contributed by atoms with Crippen molar-refractivity contribution in [2.75, 3.05) is 20.3 Å². The molecular formula is C17H32N2O2. The molecule has 1 saturated heterocycles. The van der Waals surface area contributed by atoms with Gasteiger partial charge in [-0.2, -0.15) is 0 Å². The molecule has 2 fully saturated rings. The normalized spacial score (nSPS) is 28.0. The van der Waals surface area contributed by atoms with Crippen molar-refractivity contribution in [3.63, 3.8) is 0 Å². The number of hydrogen-bond donors (Lipinski definition) is 1. The highest BCUT2D eigenvalue weighted by Crippen LogP contribution is 2.50. The molecular weight excluding hydrogens is 264 g/mol. The molecule has 4 nitrogen and oxygen atoms in total. The van der Waals surface area contributed by atoms with Crippen LogP contribution in [0.4, 0.5) is 0 Å². The number of nitrogens with zero attached hydrogens (tertiary/aromatic N) is 1. The molecule has 0 aromatic rings. The number of carbonyl (C=O) groups is 1. The van der Waals surface area contributed by atoms with Gasteiger partial charge in [0.15, 0.2) is 0 Å². The van der Waals surface area contributed by atoms with Crippen molar-refractivity contribution >= 4 is 5.91 Å². The van der Waals surface area contributed by atoms with E-state index in [2.05, 4.69) is 37.9 Å². The lowest BCUT2D eigenvalue weighted by Crippen LogP contribution is -2.42. The van der Waals surface area contributed by atoms with E-state index >= 15 is 0 Å². The van der Waals surface area contributed by atoms with Gasteiger partial charge in [0, 0.05) is 20.3 Å². The molecule has 21 heavy (non-hydrogen) atoms. The SMILES string of the molecule is COCCC1(CN2C(=O)C(C(C)C)NC2CC(C)C)CC1. The minimum Gasteiger partial charge on any atom is -0.385 e. The maximum atomic E-state index is 12.8. The highest BCUT2D eigenvalue weighted by atomic mass is 16.5. The van der Waals surface area contributed by atoms with E-state index in [1.807, 2.05) is 0 Å². The molecule has 1 heterocycles. The van der Waals surface area contributed by atoms with Crippen LogP contribution in [0.15, 0.2) is 0 Å². The zero-order valence-corrected chi connectivity index (χ0v) is 14.3. The number of nitrogens with one attached hydrogen (secondary N) is 1. The largest absolute Gasteiger partial charge is 0.385 e. The summed E-state index contributed by atoms with van der Waals surface area (Å²) in [7, 11) is 1.76. The highest BCUT2D eigenvalue weighted by molar-refractivity contribution is 5.84. The lowest BCUT2D eigenvalue weighted by molar-refractivity contribution is -0.131. The number of methoxy groups -OCH3 is 1. The van der Waals surface area contributed by atoms with Crippen LogP contribution >= 0.6 is 0 Å². The maximum Gasteiger partial charge on any atom is 0.241 e. The van der Waals surface area contributed by atoms with E-state index in [4.69, 9.17) is 4.74 Å². The van der Waals surface area contributed by atoms with Crippen LogP contribution in [0.25, 0.3) is 0 Å². The van der Waals surface area contributed by atoms with Gasteiger partial charge >= 0.3 is 0 Å². The molecule has 0 spiro atoms. The number of ether oxygens (including phenoxy) is 1. The average molecular weight is 296 g/mol. The summed E-state index contributed by atoms with van der Waals surface area (Å²) in [6.07, 6.45) is 4.80. The van der Waals surface area contributed by atoms with Crippen LogP contribution in [0.1, 0.15) is 53.4 Å². The van der Waals surface area contributed by atoms with Crippen LogP contribution in [0.2, 0.25) is 0 Å². The molecule has 0 aromatic carbocycles. The predicted molar refractivity (Wildman–Crippen MR) is 84.9 cm³/mol. The van der Waals surface area contributed by atoms with Crippen molar-refractivity contribution in [3.8, 4) is 0 Å². The summed E-state index contributed by atoms with van der Waals surface area (Å²) in [5, 5.41) is 3.57. The molecule has 0 aromatic heterocycles. The van der Waals surface area contributed by atoms with Gasteiger partial charge in [0.05, 0.1) is 12.2 Å². The number of rotatable bonds is 8. The third-order valence-electron chi connectivity index (χ3n) is 4.96. The summed E-state index contributed by atoms with van der Waals surface area (Å²) in [5.74, 6) is 1.25. The van der Waals surface area contributed by atoms with Gasteiger partial charge in [-0.3, -0.25) is 10.1 Å². The molecule has 122 valence electrons. The van der Waals surface area contributed by atoms with Gasteiger partial charge in [-0.05, 0) is 42.9 Å². The first-order valence-corrected chi connectivity index (χ1v) is 8.44. The van der Waals surface area contributed by atoms with Gasteiger partial charge < -0.3 is 9.64 Å². The summed E-state index contributed by atoms with van der Waals surface area (Å²) in [5.41, 5.74) is 0.328. The van der Waals surface area contributed by atoms with Crippen molar-refractivity contribution < 1.29 is 9.53 Å². The average Bonchev–Trinajstić information content (AvgIpc) is 3.11. The van der Waals surface area contributed by atoms with Crippen LogP contribution < -0.4 is 5.32 Å². The van der Waals surface area contributed by atoms with E-state index in [1.54, 1.807) is 7.11 Å². The number of hydrogen-bond acceptors (Lipinski definition) is 3. The fourth-order valence-corrected chi connectivity index (χ4v) is 3.35. The highest BCUT2D eigenvalue weighted by Gasteiger charge is 2.49. The van der Waals surface area contributed by atoms with Crippen molar-refractivity contribution in [1.29, 1.82) is 0 Å².